The summed E-state index contributed by atoms with van der Waals surface area (Å²) in [6.45, 7) is 5.31. The highest BCUT2D eigenvalue weighted by atomic mass is 79.9. The van der Waals surface area contributed by atoms with Crippen molar-refractivity contribution in [2.45, 2.75) is 13.8 Å². The Morgan fingerprint density at radius 1 is 1.12 bits per heavy atom. The van der Waals surface area contributed by atoms with Gasteiger partial charge in [-0.05, 0) is 43.7 Å². The normalized spacial score (nSPS) is 10.1. The quantitative estimate of drug-likeness (QED) is 0.688. The zero-order chi connectivity index (χ0) is 17.4. The van der Waals surface area contributed by atoms with E-state index < -0.39 is 0 Å². The van der Waals surface area contributed by atoms with Crippen LogP contribution in [0.4, 0.5) is 10.5 Å². The molecule has 24 heavy (non-hydrogen) atoms. The lowest BCUT2D eigenvalue weighted by Crippen LogP contribution is -2.32. The van der Waals surface area contributed by atoms with Crippen LogP contribution in [0.5, 0.6) is 11.5 Å². The average Bonchev–Trinajstić information content (AvgIpc) is 2.56. The number of carbonyl (C=O) groups excluding carboxylic acids is 1. The van der Waals surface area contributed by atoms with E-state index in [0.29, 0.717) is 25.5 Å². The molecule has 0 aromatic heterocycles. The number of carbonyl (C=O) groups is 1. The van der Waals surface area contributed by atoms with Crippen LogP contribution in [0.15, 0.2) is 46.9 Å². The number of hydrogen-bond acceptors (Lipinski definition) is 3. The van der Waals surface area contributed by atoms with Gasteiger partial charge in [-0.3, -0.25) is 0 Å². The molecule has 2 N–H and O–H groups in total. The maximum atomic E-state index is 11.8. The number of anilines is 1. The number of benzene rings is 2. The Hall–Kier alpha value is -2.21. The molecule has 0 aliphatic heterocycles. The number of rotatable bonds is 7. The molecule has 6 heteroatoms. The summed E-state index contributed by atoms with van der Waals surface area (Å²) in [5.74, 6) is 1.48. The third kappa shape index (κ3) is 5.77. The molecule has 2 aromatic rings. The molecule has 0 unspecified atom stereocenters. The number of nitrogens with one attached hydrogen (secondary N) is 2. The predicted octanol–water partition coefficient (Wildman–Crippen LogP) is 4.36. The molecule has 0 saturated heterocycles. The minimum atomic E-state index is -0.266. The Morgan fingerprint density at radius 3 is 2.58 bits per heavy atom. The van der Waals surface area contributed by atoms with Crippen molar-refractivity contribution in [1.29, 1.82) is 0 Å². The van der Waals surface area contributed by atoms with Crippen LogP contribution < -0.4 is 20.1 Å². The molecule has 0 aliphatic rings. The lowest BCUT2D eigenvalue weighted by molar-refractivity contribution is 0.247. The van der Waals surface area contributed by atoms with E-state index in [4.69, 9.17) is 9.47 Å². The minimum absolute atomic E-state index is 0.266. The molecule has 2 rings (SSSR count). The lowest BCUT2D eigenvalue weighted by atomic mass is 10.2. The van der Waals surface area contributed by atoms with Crippen LogP contribution in [0.3, 0.4) is 0 Å². The van der Waals surface area contributed by atoms with Gasteiger partial charge in [-0.15, -0.1) is 0 Å². The third-order valence-corrected chi connectivity index (χ3v) is 4.06. The van der Waals surface area contributed by atoms with E-state index in [-0.39, 0.29) is 6.03 Å². The highest BCUT2D eigenvalue weighted by Crippen LogP contribution is 2.20. The zero-order valence-electron chi connectivity index (χ0n) is 13.8. The van der Waals surface area contributed by atoms with E-state index in [0.717, 1.165) is 21.5 Å². The van der Waals surface area contributed by atoms with Crippen molar-refractivity contribution in [2.24, 2.45) is 0 Å². The largest absolute Gasteiger partial charge is 0.494 e. The second kappa shape index (κ2) is 9.17. The summed E-state index contributed by atoms with van der Waals surface area (Å²) in [5.41, 5.74) is 1.85. The number of aryl methyl sites for hydroxylation is 1. The SMILES string of the molecule is CCOc1cccc(OCCNC(=O)Nc2ccc(C)c(Br)c2)c1. The van der Waals surface area contributed by atoms with Crippen molar-refractivity contribution < 1.29 is 14.3 Å². The fraction of sp³-hybridized carbons (Fsp3) is 0.278. The van der Waals surface area contributed by atoms with E-state index in [2.05, 4.69) is 26.6 Å². The predicted molar refractivity (Wildman–Crippen MR) is 99.0 cm³/mol. The first-order valence-electron chi connectivity index (χ1n) is 7.75. The molecule has 128 valence electrons. The van der Waals surface area contributed by atoms with Crippen LogP contribution >= 0.6 is 15.9 Å². The molecule has 0 atom stereocenters. The molecule has 0 aliphatic carbocycles. The van der Waals surface area contributed by atoms with Gasteiger partial charge < -0.3 is 20.1 Å². The molecule has 0 bridgehead atoms. The topological polar surface area (TPSA) is 59.6 Å². The monoisotopic (exact) mass is 392 g/mol. The number of amides is 2. The van der Waals surface area contributed by atoms with Crippen molar-refractivity contribution in [3.05, 3.63) is 52.5 Å². The standard InChI is InChI=1S/C18H21BrN2O3/c1-3-23-15-5-4-6-16(12-15)24-10-9-20-18(22)21-14-8-7-13(2)17(19)11-14/h4-8,11-12H,3,9-10H2,1-2H3,(H2,20,21,22). The van der Waals surface area contributed by atoms with Crippen LogP contribution in [0.2, 0.25) is 0 Å². The summed E-state index contributed by atoms with van der Waals surface area (Å²) in [7, 11) is 0. The average molecular weight is 393 g/mol. The summed E-state index contributed by atoms with van der Waals surface area (Å²) >= 11 is 3.44. The lowest BCUT2D eigenvalue weighted by Gasteiger charge is -2.10. The maximum absolute atomic E-state index is 11.8. The molecule has 0 saturated carbocycles. The number of hydrogen-bond donors (Lipinski definition) is 2. The van der Waals surface area contributed by atoms with Crippen LogP contribution in [0, 0.1) is 6.92 Å². The Bertz CT molecular complexity index is 692. The summed E-state index contributed by atoms with van der Waals surface area (Å²) in [6.07, 6.45) is 0. The van der Waals surface area contributed by atoms with Crippen LogP contribution in [-0.2, 0) is 0 Å². The minimum Gasteiger partial charge on any atom is -0.494 e. The first kappa shape index (κ1) is 18.1. The number of halogens is 1. The van der Waals surface area contributed by atoms with Crippen LogP contribution in [0.25, 0.3) is 0 Å². The summed E-state index contributed by atoms with van der Waals surface area (Å²) < 4.78 is 12.0. The molecule has 2 aromatic carbocycles. The highest BCUT2D eigenvalue weighted by Gasteiger charge is 2.03. The molecule has 2 amide bonds. The van der Waals surface area contributed by atoms with Crippen molar-refractivity contribution >= 4 is 27.6 Å². The van der Waals surface area contributed by atoms with Gasteiger partial charge in [-0.25, -0.2) is 4.79 Å². The van der Waals surface area contributed by atoms with Gasteiger partial charge in [0.1, 0.15) is 18.1 Å². The van der Waals surface area contributed by atoms with Gasteiger partial charge in [-0.1, -0.05) is 28.1 Å². The van der Waals surface area contributed by atoms with Gasteiger partial charge in [-0.2, -0.15) is 0 Å². The first-order chi connectivity index (χ1) is 11.6. The molecule has 0 spiro atoms. The van der Waals surface area contributed by atoms with Crippen molar-refractivity contribution in [2.75, 3.05) is 25.1 Å². The van der Waals surface area contributed by atoms with Gasteiger partial charge in [0.2, 0.25) is 0 Å². The Labute approximate surface area is 150 Å². The fourth-order valence-electron chi connectivity index (χ4n) is 2.00. The molecule has 0 fully saturated rings. The molecule has 0 radical (unpaired) electrons. The Morgan fingerprint density at radius 2 is 1.88 bits per heavy atom. The van der Waals surface area contributed by atoms with Gasteiger partial charge in [0.25, 0.3) is 0 Å². The van der Waals surface area contributed by atoms with Gasteiger partial charge >= 0.3 is 6.03 Å². The Kier molecular flexibility index (Phi) is 6.93. The van der Waals surface area contributed by atoms with E-state index in [1.807, 2.05) is 56.3 Å². The number of ether oxygens (including phenoxy) is 2. The number of urea groups is 1. The smallest absolute Gasteiger partial charge is 0.319 e. The molecule has 0 heterocycles. The van der Waals surface area contributed by atoms with Gasteiger partial charge in [0.05, 0.1) is 13.2 Å². The van der Waals surface area contributed by atoms with Gasteiger partial charge in [0.15, 0.2) is 0 Å². The van der Waals surface area contributed by atoms with Crippen molar-refractivity contribution in [1.82, 2.24) is 5.32 Å². The van der Waals surface area contributed by atoms with Crippen LogP contribution in [-0.4, -0.2) is 25.8 Å². The second-order valence-corrected chi connectivity index (χ2v) is 5.96. The maximum Gasteiger partial charge on any atom is 0.319 e. The second-order valence-electron chi connectivity index (χ2n) is 5.10. The Balaban J connectivity index is 1.72. The van der Waals surface area contributed by atoms with Crippen molar-refractivity contribution in [3.8, 4) is 11.5 Å². The van der Waals surface area contributed by atoms with Crippen LogP contribution in [0.1, 0.15) is 12.5 Å². The van der Waals surface area contributed by atoms with E-state index in [1.54, 1.807) is 0 Å². The van der Waals surface area contributed by atoms with E-state index >= 15 is 0 Å². The van der Waals surface area contributed by atoms with E-state index in [9.17, 15) is 4.79 Å². The summed E-state index contributed by atoms with van der Waals surface area (Å²) in [4.78, 5) is 11.8. The summed E-state index contributed by atoms with van der Waals surface area (Å²) in [5, 5.41) is 5.53. The fourth-order valence-corrected chi connectivity index (χ4v) is 2.38. The zero-order valence-corrected chi connectivity index (χ0v) is 15.4. The third-order valence-electron chi connectivity index (χ3n) is 3.20. The molecular weight excluding hydrogens is 372 g/mol. The molecular formula is C18H21BrN2O3. The van der Waals surface area contributed by atoms with E-state index in [1.165, 1.54) is 0 Å². The highest BCUT2D eigenvalue weighted by molar-refractivity contribution is 9.10. The van der Waals surface area contributed by atoms with Gasteiger partial charge in [0, 0.05) is 16.2 Å². The first-order valence-corrected chi connectivity index (χ1v) is 8.54. The summed E-state index contributed by atoms with van der Waals surface area (Å²) in [6, 6.07) is 12.8. The van der Waals surface area contributed by atoms with Crippen molar-refractivity contribution in [3.63, 3.8) is 0 Å². The molecule has 5 nitrogen and oxygen atoms in total.